The van der Waals surface area contributed by atoms with Crippen molar-refractivity contribution in [3.63, 3.8) is 0 Å². The van der Waals surface area contributed by atoms with Gasteiger partial charge in [-0.1, -0.05) is 32.4 Å². The van der Waals surface area contributed by atoms with Gasteiger partial charge in [0.2, 0.25) is 0 Å². The lowest BCUT2D eigenvalue weighted by Gasteiger charge is -2.15. The van der Waals surface area contributed by atoms with E-state index in [0.717, 1.165) is 17.4 Å². The number of thiophene rings is 1. The molecule has 0 aliphatic rings. The second kappa shape index (κ2) is 3.42. The molecular formula is C9H10ClF3S. The third-order valence-electron chi connectivity index (χ3n) is 1.73. The van der Waals surface area contributed by atoms with Crippen LogP contribution in [0.5, 0.6) is 0 Å². The minimum absolute atomic E-state index is 0.178. The lowest BCUT2D eigenvalue weighted by molar-refractivity contribution is -0.137. The van der Waals surface area contributed by atoms with Gasteiger partial charge in [-0.3, -0.25) is 0 Å². The fourth-order valence-corrected chi connectivity index (χ4v) is 2.30. The number of hydrogen-bond acceptors (Lipinski definition) is 1. The van der Waals surface area contributed by atoms with Crippen molar-refractivity contribution in [2.45, 2.75) is 32.4 Å². The molecule has 0 fully saturated rings. The van der Waals surface area contributed by atoms with Crippen LogP contribution in [-0.4, -0.2) is 0 Å². The molecule has 1 heterocycles. The molecule has 0 saturated carbocycles. The molecule has 0 bridgehead atoms. The van der Waals surface area contributed by atoms with Crippen molar-refractivity contribution in [2.24, 2.45) is 0 Å². The quantitative estimate of drug-likeness (QED) is 0.618. The van der Waals surface area contributed by atoms with Gasteiger partial charge in [0.15, 0.2) is 0 Å². The molecule has 14 heavy (non-hydrogen) atoms. The van der Waals surface area contributed by atoms with Crippen molar-refractivity contribution in [2.75, 3.05) is 0 Å². The van der Waals surface area contributed by atoms with Crippen LogP contribution in [0.4, 0.5) is 13.2 Å². The average molecular weight is 243 g/mol. The van der Waals surface area contributed by atoms with Crippen LogP contribution in [0.15, 0.2) is 6.07 Å². The normalized spacial score (nSPS) is 13.4. The highest BCUT2D eigenvalue weighted by Gasteiger charge is 2.36. The largest absolute Gasteiger partial charge is 0.418 e. The lowest BCUT2D eigenvalue weighted by atomic mass is 9.94. The Hall–Kier alpha value is -0.220. The molecule has 0 atom stereocenters. The highest BCUT2D eigenvalue weighted by molar-refractivity contribution is 7.16. The zero-order valence-electron chi connectivity index (χ0n) is 8.00. The molecule has 0 aromatic carbocycles. The van der Waals surface area contributed by atoms with Crippen LogP contribution in [0, 0.1) is 0 Å². The van der Waals surface area contributed by atoms with Gasteiger partial charge in [-0.2, -0.15) is 13.2 Å². The minimum Gasteiger partial charge on any atom is -0.166 e. The second-order valence-electron chi connectivity index (χ2n) is 4.05. The fourth-order valence-electron chi connectivity index (χ4n) is 0.932. The Morgan fingerprint density at radius 3 is 1.93 bits per heavy atom. The highest BCUT2D eigenvalue weighted by Crippen LogP contribution is 2.42. The Morgan fingerprint density at radius 2 is 1.71 bits per heavy atom. The maximum atomic E-state index is 12.4. The molecule has 0 unspecified atom stereocenters. The van der Waals surface area contributed by atoms with E-state index in [-0.39, 0.29) is 9.75 Å². The van der Waals surface area contributed by atoms with E-state index in [9.17, 15) is 13.2 Å². The molecule has 1 rings (SSSR count). The second-order valence-corrected chi connectivity index (χ2v) is 5.70. The Kier molecular flexibility index (Phi) is 2.89. The van der Waals surface area contributed by atoms with Crippen molar-refractivity contribution >= 4 is 22.9 Å². The van der Waals surface area contributed by atoms with E-state index in [4.69, 9.17) is 11.6 Å². The standard InChI is InChI=1S/C9H10ClF3S/c1-8(2,3)6-4-5(7(10)14-6)9(11,12)13/h4H,1-3H3. The lowest BCUT2D eigenvalue weighted by Crippen LogP contribution is -2.09. The first-order chi connectivity index (χ1) is 6.12. The summed E-state index contributed by atoms with van der Waals surface area (Å²) in [5.74, 6) is 0. The van der Waals surface area contributed by atoms with Crippen LogP contribution in [0.1, 0.15) is 31.2 Å². The van der Waals surface area contributed by atoms with Gasteiger partial charge in [0.1, 0.15) is 4.34 Å². The van der Waals surface area contributed by atoms with E-state index < -0.39 is 11.7 Å². The Morgan fingerprint density at radius 1 is 1.21 bits per heavy atom. The first kappa shape index (κ1) is 11.9. The molecule has 1 aromatic rings. The molecule has 0 spiro atoms. The maximum Gasteiger partial charge on any atom is 0.418 e. The van der Waals surface area contributed by atoms with Crippen molar-refractivity contribution in [3.8, 4) is 0 Å². The molecule has 0 N–H and O–H groups in total. The van der Waals surface area contributed by atoms with Gasteiger partial charge < -0.3 is 0 Å². The van der Waals surface area contributed by atoms with Crippen LogP contribution < -0.4 is 0 Å². The minimum atomic E-state index is -4.35. The van der Waals surface area contributed by atoms with E-state index in [1.54, 1.807) is 0 Å². The van der Waals surface area contributed by atoms with Gasteiger partial charge in [0, 0.05) is 4.88 Å². The molecular weight excluding hydrogens is 233 g/mol. The SMILES string of the molecule is CC(C)(C)c1cc(C(F)(F)F)c(Cl)s1. The van der Waals surface area contributed by atoms with Gasteiger partial charge in [-0.25, -0.2) is 0 Å². The van der Waals surface area contributed by atoms with Gasteiger partial charge in [0.25, 0.3) is 0 Å². The molecule has 5 heteroatoms. The third-order valence-corrected chi connectivity index (χ3v) is 3.52. The van der Waals surface area contributed by atoms with Crippen molar-refractivity contribution in [1.29, 1.82) is 0 Å². The van der Waals surface area contributed by atoms with Crippen molar-refractivity contribution in [1.82, 2.24) is 0 Å². The smallest absolute Gasteiger partial charge is 0.166 e. The van der Waals surface area contributed by atoms with Crippen LogP contribution in [-0.2, 0) is 11.6 Å². The van der Waals surface area contributed by atoms with E-state index in [2.05, 4.69) is 0 Å². The predicted molar refractivity (Wildman–Crippen MR) is 53.0 cm³/mol. The molecule has 0 saturated heterocycles. The van der Waals surface area contributed by atoms with E-state index in [0.29, 0.717) is 4.88 Å². The van der Waals surface area contributed by atoms with Crippen LogP contribution >= 0.6 is 22.9 Å². The third kappa shape index (κ3) is 2.42. The summed E-state index contributed by atoms with van der Waals surface area (Å²) in [5.41, 5.74) is -1.02. The first-order valence-electron chi connectivity index (χ1n) is 3.99. The summed E-state index contributed by atoms with van der Waals surface area (Å²) in [6.45, 7) is 5.57. The zero-order chi connectivity index (χ0) is 11.1. The van der Waals surface area contributed by atoms with Gasteiger partial charge in [-0.15, -0.1) is 11.3 Å². The van der Waals surface area contributed by atoms with Crippen molar-refractivity contribution < 1.29 is 13.2 Å². The van der Waals surface area contributed by atoms with Crippen LogP contribution in [0.25, 0.3) is 0 Å². The number of alkyl halides is 3. The summed E-state index contributed by atoms with van der Waals surface area (Å²) < 4.78 is 36.9. The topological polar surface area (TPSA) is 0 Å². The zero-order valence-corrected chi connectivity index (χ0v) is 9.57. The summed E-state index contributed by atoms with van der Waals surface area (Å²) >= 11 is 6.53. The number of halogens is 4. The summed E-state index contributed by atoms with van der Waals surface area (Å²) in [6, 6.07) is 1.13. The van der Waals surface area contributed by atoms with Gasteiger partial charge in [0.05, 0.1) is 5.56 Å². The average Bonchev–Trinajstić information content (AvgIpc) is 2.27. The first-order valence-corrected chi connectivity index (χ1v) is 5.19. The predicted octanol–water partition coefficient (Wildman–Crippen LogP) is 4.72. The highest BCUT2D eigenvalue weighted by atomic mass is 35.5. The van der Waals surface area contributed by atoms with Gasteiger partial charge in [-0.05, 0) is 11.5 Å². The molecule has 1 aromatic heterocycles. The summed E-state index contributed by atoms with van der Waals surface area (Å²) in [6.07, 6.45) is -4.35. The molecule has 0 nitrogen and oxygen atoms in total. The summed E-state index contributed by atoms with van der Waals surface area (Å²) in [7, 11) is 0. The fraction of sp³-hybridized carbons (Fsp3) is 0.556. The Bertz CT molecular complexity index is 333. The Labute approximate surface area is 89.7 Å². The van der Waals surface area contributed by atoms with E-state index in [1.165, 1.54) is 0 Å². The molecule has 0 radical (unpaired) electrons. The number of rotatable bonds is 0. The van der Waals surface area contributed by atoms with Crippen LogP contribution in [0.2, 0.25) is 4.34 Å². The number of hydrogen-bond donors (Lipinski definition) is 0. The molecule has 0 aliphatic heterocycles. The van der Waals surface area contributed by atoms with Gasteiger partial charge >= 0.3 is 6.18 Å². The molecule has 0 amide bonds. The summed E-state index contributed by atoms with van der Waals surface area (Å²) in [5, 5.41) is 0. The van der Waals surface area contributed by atoms with Crippen molar-refractivity contribution in [3.05, 3.63) is 20.8 Å². The monoisotopic (exact) mass is 242 g/mol. The Balaban J connectivity index is 3.19. The van der Waals surface area contributed by atoms with E-state index in [1.807, 2.05) is 20.8 Å². The molecule has 0 aliphatic carbocycles. The maximum absolute atomic E-state index is 12.4. The van der Waals surface area contributed by atoms with Crippen LogP contribution in [0.3, 0.4) is 0 Å². The van der Waals surface area contributed by atoms with E-state index >= 15 is 0 Å². The molecule has 80 valence electrons. The summed E-state index contributed by atoms with van der Waals surface area (Å²) in [4.78, 5) is 0.648.